The van der Waals surface area contributed by atoms with Crippen molar-refractivity contribution in [3.63, 3.8) is 0 Å². The second-order valence-corrected chi connectivity index (χ2v) is 46.4. The van der Waals surface area contributed by atoms with Crippen LogP contribution in [0.1, 0.15) is 548 Å². The number of ether oxygens (including phenoxy) is 4. The summed E-state index contributed by atoms with van der Waals surface area (Å²) in [6.07, 6.45) is 52.8. The Labute approximate surface area is 826 Å². The SMILES string of the molecule is CCC1(C)CC(=O)C(C)C(C)(CC)N1O.CCC1(CC)C(C)C(OC(=O)c2ccccc2)CC(C)(C)N1O.CCCC1(C)CC(=O)C(CC)C(C)(CCC)N1O.CCCCCCCCCCC(C)OC1CC(C)(CC)N(O)C(C)(CC)C1C.CCCCCCCCCCCCCCCCC(C)OC1CC(C)(CC)N(O)C(C)(CC)C1C.CCCOC1CC(C)(CC)N(O)C(C)(CC)C1C. The number of rotatable bonds is 48. The van der Waals surface area contributed by atoms with E-state index >= 15 is 0 Å². The summed E-state index contributed by atoms with van der Waals surface area (Å²) in [5.41, 5.74) is -3.02. The lowest BCUT2D eigenvalue weighted by Crippen LogP contribution is -2.67. The Morgan fingerprint density at radius 2 is 0.687 bits per heavy atom. The first-order valence-electron chi connectivity index (χ1n) is 56.0. The molecule has 0 bridgehead atoms. The van der Waals surface area contributed by atoms with Crippen molar-refractivity contribution in [1.29, 1.82) is 0 Å². The minimum atomic E-state index is -0.430. The number of piperidine rings is 6. The van der Waals surface area contributed by atoms with Gasteiger partial charge in [-0.2, -0.15) is 30.4 Å². The van der Waals surface area contributed by atoms with Gasteiger partial charge in [-0.15, -0.1) is 0 Å². The molecule has 6 fully saturated rings. The Morgan fingerprint density at radius 3 is 1.02 bits per heavy atom. The van der Waals surface area contributed by atoms with Gasteiger partial charge in [-0.3, -0.25) is 9.59 Å². The maximum atomic E-state index is 12.4. The van der Waals surface area contributed by atoms with Gasteiger partial charge in [0.1, 0.15) is 17.7 Å². The van der Waals surface area contributed by atoms with Crippen LogP contribution in [0, 0.1) is 35.5 Å². The molecule has 0 spiro atoms. The average Bonchev–Trinajstić information content (AvgIpc) is 0.759. The van der Waals surface area contributed by atoms with Crippen LogP contribution in [-0.2, 0) is 28.5 Å². The molecule has 6 heterocycles. The first kappa shape index (κ1) is 127. The van der Waals surface area contributed by atoms with Crippen LogP contribution in [-0.4, -0.2) is 189 Å². The van der Waals surface area contributed by atoms with Gasteiger partial charge in [0, 0.05) is 100 Å². The molecule has 1 aromatic carbocycles. The number of carbonyl (C=O) groups excluding carboxylic acids is 3. The number of Topliss-reactive ketones (excluding diaryl/α,β-unsaturated/α-hetero) is 2. The van der Waals surface area contributed by atoms with Gasteiger partial charge >= 0.3 is 5.97 Å². The monoisotopic (exact) mass is 1900 g/mol. The first-order chi connectivity index (χ1) is 62.8. The summed E-state index contributed by atoms with van der Waals surface area (Å²) in [7, 11) is 0. The van der Waals surface area contributed by atoms with Crippen molar-refractivity contribution in [1.82, 2.24) is 30.4 Å². The van der Waals surface area contributed by atoms with E-state index in [2.05, 4.69) is 180 Å². The second kappa shape index (κ2) is 59.6. The molecule has 1 aromatic rings. The van der Waals surface area contributed by atoms with Crippen LogP contribution in [0.4, 0.5) is 0 Å². The van der Waals surface area contributed by atoms with Gasteiger partial charge in [0.2, 0.25) is 0 Å². The number of benzene rings is 1. The van der Waals surface area contributed by atoms with E-state index in [9.17, 15) is 45.6 Å². The Hall–Kier alpha value is -2.57. The molecule has 6 N–H and O–H groups in total. The van der Waals surface area contributed by atoms with Gasteiger partial charge in [0.15, 0.2) is 0 Å². The number of ketones is 2. The number of hydroxylamine groups is 12. The smallest absolute Gasteiger partial charge is 0.338 e. The zero-order valence-electron chi connectivity index (χ0n) is 94.3. The highest BCUT2D eigenvalue weighted by molar-refractivity contribution is 5.89. The summed E-state index contributed by atoms with van der Waals surface area (Å²) >= 11 is 0. The number of carbonyl (C=O) groups is 3. The molecular formula is C115H222N6O13. The fraction of sp³-hybridized carbons (Fsp3) is 0.922. The lowest BCUT2D eigenvalue weighted by Gasteiger charge is -2.57. The van der Waals surface area contributed by atoms with Gasteiger partial charge in [-0.1, -0.05) is 318 Å². The topological polar surface area (TPSA) is 229 Å². The van der Waals surface area contributed by atoms with Crippen LogP contribution in [0.15, 0.2) is 30.3 Å². The van der Waals surface area contributed by atoms with Crippen LogP contribution in [0.5, 0.6) is 0 Å². The molecule has 0 aliphatic carbocycles. The summed E-state index contributed by atoms with van der Waals surface area (Å²) in [6.45, 7) is 75.4. The maximum absolute atomic E-state index is 12.4. The van der Waals surface area contributed by atoms with Crippen molar-refractivity contribution < 1.29 is 64.6 Å². The fourth-order valence-corrected chi connectivity index (χ4v) is 24.1. The molecule has 0 aromatic heterocycles. The molecule has 0 radical (unpaired) electrons. The van der Waals surface area contributed by atoms with Gasteiger partial charge < -0.3 is 50.2 Å². The summed E-state index contributed by atoms with van der Waals surface area (Å²) in [6, 6.07) is 9.09. The molecule has 19 nitrogen and oxygen atoms in total. The van der Waals surface area contributed by atoms with E-state index in [0.717, 1.165) is 141 Å². The molecule has 134 heavy (non-hydrogen) atoms. The van der Waals surface area contributed by atoms with Crippen LogP contribution < -0.4 is 0 Å². The summed E-state index contributed by atoms with van der Waals surface area (Å²) < 4.78 is 25.1. The molecule has 19 heteroatoms. The third-order valence-corrected chi connectivity index (χ3v) is 36.4. The Kier molecular flexibility index (Phi) is 56.7. The molecule has 6 aliphatic heterocycles. The third kappa shape index (κ3) is 33.2. The number of hydrogen-bond donors (Lipinski definition) is 6. The van der Waals surface area contributed by atoms with Crippen LogP contribution in [0.25, 0.3) is 0 Å². The summed E-state index contributed by atoms with van der Waals surface area (Å²) in [4.78, 5) is 36.8. The highest BCUT2D eigenvalue weighted by Gasteiger charge is 2.60. The van der Waals surface area contributed by atoms with Crippen molar-refractivity contribution in [3.05, 3.63) is 35.9 Å². The number of esters is 1. The average molecular weight is 1900 g/mol. The molecule has 790 valence electrons. The summed E-state index contributed by atoms with van der Waals surface area (Å²) in [5, 5.41) is 73.8. The van der Waals surface area contributed by atoms with E-state index in [0.29, 0.717) is 60.6 Å². The van der Waals surface area contributed by atoms with E-state index in [4.69, 9.17) is 18.9 Å². The Bertz CT molecular complexity index is 3350. The molecular weight excluding hydrogens is 1670 g/mol. The van der Waals surface area contributed by atoms with E-state index < -0.39 is 22.2 Å². The largest absolute Gasteiger partial charge is 0.458 e. The lowest BCUT2D eigenvalue weighted by molar-refractivity contribution is -0.294. The molecule has 0 saturated carbocycles. The normalized spacial score (nSPS) is 34.2. The molecule has 6 saturated heterocycles. The van der Waals surface area contributed by atoms with E-state index in [-0.39, 0.29) is 98.2 Å². The molecule has 0 amide bonds. The summed E-state index contributed by atoms with van der Waals surface area (Å²) in [5.74, 6) is 1.25. The zero-order valence-corrected chi connectivity index (χ0v) is 94.3. The van der Waals surface area contributed by atoms with Crippen molar-refractivity contribution in [2.75, 3.05) is 6.61 Å². The zero-order chi connectivity index (χ0) is 102. The van der Waals surface area contributed by atoms with Crippen molar-refractivity contribution >= 4 is 17.5 Å². The highest BCUT2D eigenvalue weighted by Crippen LogP contribution is 2.52. The maximum Gasteiger partial charge on any atom is 0.338 e. The quantitative estimate of drug-likeness (QED) is 0.0263. The predicted molar refractivity (Wildman–Crippen MR) is 559 cm³/mol. The van der Waals surface area contributed by atoms with Gasteiger partial charge in [-0.05, 0) is 231 Å². The van der Waals surface area contributed by atoms with Gasteiger partial charge in [-0.25, -0.2) is 4.79 Å². The highest BCUT2D eigenvalue weighted by atomic mass is 16.6. The molecule has 22 atom stereocenters. The van der Waals surface area contributed by atoms with Crippen LogP contribution in [0.3, 0.4) is 0 Å². The molecule has 6 aliphatic rings. The van der Waals surface area contributed by atoms with Gasteiger partial charge in [0.25, 0.3) is 0 Å². The lowest BCUT2D eigenvalue weighted by atomic mass is 9.68. The second-order valence-electron chi connectivity index (χ2n) is 46.4. The number of unbranched alkanes of at least 4 members (excludes halogenated alkanes) is 20. The third-order valence-electron chi connectivity index (χ3n) is 36.4. The minimum absolute atomic E-state index is 0.0348. The first-order valence-corrected chi connectivity index (χ1v) is 56.0. The Balaban J connectivity index is 0.000000554. The van der Waals surface area contributed by atoms with Gasteiger partial charge in [0.05, 0.1) is 63.8 Å². The van der Waals surface area contributed by atoms with Crippen molar-refractivity contribution in [2.24, 2.45) is 35.5 Å². The minimum Gasteiger partial charge on any atom is -0.458 e. The fourth-order valence-electron chi connectivity index (χ4n) is 24.1. The molecule has 22 unspecified atom stereocenters. The number of nitrogens with zero attached hydrogens (tertiary/aromatic N) is 6. The van der Waals surface area contributed by atoms with Crippen molar-refractivity contribution in [3.8, 4) is 0 Å². The standard InChI is InChI=1S/C30H61NO2.C24H49NO2.C19H29NO3.C15H31NO2.C15H29NO2.C12H23NO2/c1-8-11-12-13-14-15-16-17-18-19-20-21-22-23-24-26(4)33-28-25-29(6,9-2)31(32)30(7,10-3)27(28)5;1-8-11-12-13-14-15-16-17-18-20(4)27-22-19-23(6,9-2)25(26)24(7,10-3)21(22)5;1-6-19(7-2)14(3)16(13-18(4,5)20(19)22)23-17(21)15-11-9-8-10-12-15;1-7-10-18-13-11-14(5,8-2)16(17)15(6,9-3)12(13)4;1-6-9-14(4)11-13(17)12(8-3)15(5,10-7-2)16(14)18;1-6-11(4)8-10(14)9(3)12(5,7-2)13(11)15/h26-28,32H,8-25H2,1-7H3;20-22,26H,8-19H2,1-7H3;8-12,14,16,22H,6-7,13H2,1-5H3;12-13,17H,7-11H2,1-6H3;12,18H,6-11H2,1-5H3;9,15H,6-8H2,1-5H3. The van der Waals surface area contributed by atoms with Crippen molar-refractivity contribution in [2.45, 2.75) is 641 Å². The van der Waals surface area contributed by atoms with E-state index in [1.54, 1.807) is 27.3 Å². The van der Waals surface area contributed by atoms with Crippen LogP contribution in [0.2, 0.25) is 0 Å². The van der Waals surface area contributed by atoms with E-state index in [1.165, 1.54) is 156 Å². The molecule has 7 rings (SSSR count). The Morgan fingerprint density at radius 1 is 0.351 bits per heavy atom. The number of hydrogen-bond acceptors (Lipinski definition) is 19. The predicted octanol–water partition coefficient (Wildman–Crippen LogP) is 31.6. The van der Waals surface area contributed by atoms with E-state index in [1.807, 2.05) is 80.5 Å². The van der Waals surface area contributed by atoms with Crippen LogP contribution >= 0.6 is 0 Å².